The summed E-state index contributed by atoms with van der Waals surface area (Å²) in [6.45, 7) is 0.458. The van der Waals surface area contributed by atoms with E-state index in [-0.39, 0.29) is 12.4 Å². The topological polar surface area (TPSA) is 44.8 Å². The van der Waals surface area contributed by atoms with Gasteiger partial charge in [-0.25, -0.2) is 9.18 Å². The Kier molecular flexibility index (Phi) is 6.05. The van der Waals surface area contributed by atoms with E-state index in [1.165, 1.54) is 19.2 Å². The highest BCUT2D eigenvalue weighted by Crippen LogP contribution is 2.29. The van der Waals surface area contributed by atoms with E-state index >= 15 is 0 Å². The predicted octanol–water partition coefficient (Wildman–Crippen LogP) is 4.77. The summed E-state index contributed by atoms with van der Waals surface area (Å²) in [6, 6.07) is 20.4. The molecule has 0 saturated heterocycles. The van der Waals surface area contributed by atoms with Crippen LogP contribution in [0.5, 0.6) is 11.5 Å². The van der Waals surface area contributed by atoms with Crippen LogP contribution in [0.2, 0.25) is 0 Å². The van der Waals surface area contributed by atoms with Crippen LogP contribution in [0.1, 0.15) is 21.5 Å². The number of hydrogen-bond acceptors (Lipinski definition) is 4. The number of carbonyl (C=O) groups excluding carboxylic acids is 1. The minimum absolute atomic E-state index is 0.0632. The number of ether oxygens (including phenoxy) is 3. The maximum absolute atomic E-state index is 12.9. The quantitative estimate of drug-likeness (QED) is 0.565. The first-order chi connectivity index (χ1) is 13.2. The molecule has 0 aliphatic carbocycles. The molecule has 3 aromatic carbocycles. The molecular formula is C22H19FO4. The number of carbonyl (C=O) groups is 1. The van der Waals surface area contributed by atoms with Gasteiger partial charge in [-0.3, -0.25) is 0 Å². The number of halogens is 1. The van der Waals surface area contributed by atoms with Gasteiger partial charge in [-0.2, -0.15) is 0 Å². The van der Waals surface area contributed by atoms with Crippen molar-refractivity contribution in [1.29, 1.82) is 0 Å². The Labute approximate surface area is 157 Å². The van der Waals surface area contributed by atoms with Gasteiger partial charge in [0.05, 0.1) is 12.7 Å². The number of rotatable bonds is 7. The third-order valence-electron chi connectivity index (χ3n) is 3.92. The number of hydrogen-bond donors (Lipinski definition) is 0. The lowest BCUT2D eigenvalue weighted by Gasteiger charge is -2.12. The molecule has 0 amide bonds. The molecule has 138 valence electrons. The van der Waals surface area contributed by atoms with Crippen molar-refractivity contribution in [1.82, 2.24) is 0 Å². The molecule has 5 heteroatoms. The average Bonchev–Trinajstić information content (AvgIpc) is 2.72. The van der Waals surface area contributed by atoms with Gasteiger partial charge in [-0.05, 0) is 41.5 Å². The lowest BCUT2D eigenvalue weighted by Crippen LogP contribution is -2.06. The van der Waals surface area contributed by atoms with Gasteiger partial charge in [0.1, 0.15) is 19.0 Å². The standard InChI is InChI=1S/C22H19FO4/c1-25-21-13-18(22(24)27-15-17-7-10-19(23)11-8-17)9-12-20(21)26-14-16-5-3-2-4-6-16/h2-13H,14-15H2,1H3. The molecule has 0 atom stereocenters. The van der Waals surface area contributed by atoms with Crippen LogP contribution in [-0.2, 0) is 18.0 Å². The highest BCUT2D eigenvalue weighted by molar-refractivity contribution is 5.90. The highest BCUT2D eigenvalue weighted by Gasteiger charge is 2.13. The minimum atomic E-state index is -0.493. The van der Waals surface area contributed by atoms with Crippen LogP contribution >= 0.6 is 0 Å². The second-order valence-electron chi connectivity index (χ2n) is 5.84. The molecule has 0 spiro atoms. The van der Waals surface area contributed by atoms with E-state index in [1.54, 1.807) is 30.3 Å². The van der Waals surface area contributed by atoms with Crippen molar-refractivity contribution in [2.75, 3.05) is 7.11 Å². The van der Waals surface area contributed by atoms with Crippen molar-refractivity contribution in [3.8, 4) is 11.5 Å². The fraction of sp³-hybridized carbons (Fsp3) is 0.136. The Bertz CT molecular complexity index is 892. The summed E-state index contributed by atoms with van der Waals surface area (Å²) in [4.78, 5) is 12.3. The van der Waals surface area contributed by atoms with Crippen LogP contribution in [0.25, 0.3) is 0 Å². The number of methoxy groups -OCH3 is 1. The van der Waals surface area contributed by atoms with E-state index < -0.39 is 5.97 Å². The fourth-order valence-corrected chi connectivity index (χ4v) is 2.46. The third-order valence-corrected chi connectivity index (χ3v) is 3.92. The molecule has 4 nitrogen and oxygen atoms in total. The van der Waals surface area contributed by atoms with Crippen molar-refractivity contribution < 1.29 is 23.4 Å². The van der Waals surface area contributed by atoms with Crippen LogP contribution in [0.3, 0.4) is 0 Å². The Morgan fingerprint density at radius 2 is 1.56 bits per heavy atom. The summed E-state index contributed by atoms with van der Waals surface area (Å²) >= 11 is 0. The molecule has 0 unspecified atom stereocenters. The van der Waals surface area contributed by atoms with Crippen LogP contribution in [0, 0.1) is 5.82 Å². The van der Waals surface area contributed by atoms with Crippen LogP contribution in [0.4, 0.5) is 4.39 Å². The molecular weight excluding hydrogens is 347 g/mol. The van der Waals surface area contributed by atoms with Gasteiger partial charge in [0.15, 0.2) is 11.5 Å². The molecule has 3 rings (SSSR count). The number of esters is 1. The van der Waals surface area contributed by atoms with Crippen molar-refractivity contribution in [2.45, 2.75) is 13.2 Å². The Morgan fingerprint density at radius 3 is 2.26 bits per heavy atom. The van der Waals surface area contributed by atoms with Crippen LogP contribution < -0.4 is 9.47 Å². The monoisotopic (exact) mass is 366 g/mol. The number of benzene rings is 3. The Hall–Kier alpha value is -3.34. The van der Waals surface area contributed by atoms with Gasteiger partial charge in [-0.15, -0.1) is 0 Å². The van der Waals surface area contributed by atoms with Gasteiger partial charge in [0, 0.05) is 0 Å². The van der Waals surface area contributed by atoms with Crippen molar-refractivity contribution in [2.24, 2.45) is 0 Å². The molecule has 0 aliphatic rings. The average molecular weight is 366 g/mol. The third kappa shape index (κ3) is 5.07. The molecule has 0 fully saturated rings. The minimum Gasteiger partial charge on any atom is -0.493 e. The normalized spacial score (nSPS) is 10.3. The predicted molar refractivity (Wildman–Crippen MR) is 99.3 cm³/mol. The fourth-order valence-electron chi connectivity index (χ4n) is 2.46. The molecule has 0 aliphatic heterocycles. The summed E-state index contributed by atoms with van der Waals surface area (Å²) in [5.74, 6) is 0.159. The first kappa shape index (κ1) is 18.5. The molecule has 0 aromatic heterocycles. The van der Waals surface area contributed by atoms with E-state index in [0.717, 1.165) is 5.56 Å². The van der Waals surface area contributed by atoms with E-state index in [4.69, 9.17) is 14.2 Å². The van der Waals surface area contributed by atoms with Crippen molar-refractivity contribution in [3.63, 3.8) is 0 Å². The summed E-state index contributed by atoms with van der Waals surface area (Å²) in [5, 5.41) is 0. The van der Waals surface area contributed by atoms with Gasteiger partial charge >= 0.3 is 5.97 Å². The van der Waals surface area contributed by atoms with Gasteiger partial charge in [0.2, 0.25) is 0 Å². The molecule has 0 bridgehead atoms. The summed E-state index contributed by atoms with van der Waals surface area (Å²) < 4.78 is 29.3. The van der Waals surface area contributed by atoms with E-state index in [0.29, 0.717) is 29.2 Å². The van der Waals surface area contributed by atoms with Gasteiger partial charge < -0.3 is 14.2 Å². The zero-order valence-electron chi connectivity index (χ0n) is 14.9. The molecule has 0 radical (unpaired) electrons. The summed E-state index contributed by atoms with van der Waals surface area (Å²) in [5.41, 5.74) is 2.09. The molecule has 0 saturated carbocycles. The van der Waals surface area contributed by atoms with Crippen LogP contribution in [-0.4, -0.2) is 13.1 Å². The second kappa shape index (κ2) is 8.85. The van der Waals surface area contributed by atoms with E-state index in [9.17, 15) is 9.18 Å². The zero-order valence-corrected chi connectivity index (χ0v) is 14.9. The van der Waals surface area contributed by atoms with E-state index in [1.807, 2.05) is 30.3 Å². The molecule has 0 N–H and O–H groups in total. The maximum Gasteiger partial charge on any atom is 0.338 e. The van der Waals surface area contributed by atoms with Crippen molar-refractivity contribution >= 4 is 5.97 Å². The second-order valence-corrected chi connectivity index (χ2v) is 5.84. The Morgan fingerprint density at radius 1 is 0.852 bits per heavy atom. The maximum atomic E-state index is 12.9. The van der Waals surface area contributed by atoms with Gasteiger partial charge in [-0.1, -0.05) is 42.5 Å². The van der Waals surface area contributed by atoms with Gasteiger partial charge in [0.25, 0.3) is 0 Å². The largest absolute Gasteiger partial charge is 0.493 e. The summed E-state index contributed by atoms with van der Waals surface area (Å²) in [6.07, 6.45) is 0. The lowest BCUT2D eigenvalue weighted by molar-refractivity contribution is 0.0472. The highest BCUT2D eigenvalue weighted by atomic mass is 19.1. The Balaban J connectivity index is 1.63. The zero-order chi connectivity index (χ0) is 19.1. The smallest absolute Gasteiger partial charge is 0.338 e. The van der Waals surface area contributed by atoms with E-state index in [2.05, 4.69) is 0 Å². The van der Waals surface area contributed by atoms with Crippen molar-refractivity contribution in [3.05, 3.63) is 95.3 Å². The van der Waals surface area contributed by atoms with Crippen LogP contribution in [0.15, 0.2) is 72.8 Å². The SMILES string of the molecule is COc1cc(C(=O)OCc2ccc(F)cc2)ccc1OCc1ccccc1. The molecule has 0 heterocycles. The molecule has 3 aromatic rings. The summed E-state index contributed by atoms with van der Waals surface area (Å²) in [7, 11) is 1.51. The molecule has 27 heavy (non-hydrogen) atoms. The first-order valence-electron chi connectivity index (χ1n) is 8.42. The lowest BCUT2D eigenvalue weighted by atomic mass is 10.2. The first-order valence-corrected chi connectivity index (χ1v) is 8.42.